The van der Waals surface area contributed by atoms with E-state index in [0.717, 1.165) is 4.47 Å². The van der Waals surface area contributed by atoms with E-state index in [-0.39, 0.29) is 6.54 Å². The number of hydrogen-bond donors (Lipinski definition) is 0. The number of nitrogens with zero attached hydrogens (tertiary/aromatic N) is 1. The number of esters is 1. The van der Waals surface area contributed by atoms with E-state index in [0.29, 0.717) is 23.2 Å². The van der Waals surface area contributed by atoms with Crippen molar-refractivity contribution in [3.8, 4) is 0 Å². The highest BCUT2D eigenvalue weighted by Gasteiger charge is 2.35. The fourth-order valence-corrected chi connectivity index (χ4v) is 2.52. The molecule has 0 aromatic heterocycles. The summed E-state index contributed by atoms with van der Waals surface area (Å²) in [5, 5.41) is 0. The molecule has 0 N–H and O–H groups in total. The van der Waals surface area contributed by atoms with Gasteiger partial charge in [0, 0.05) is 16.6 Å². The van der Waals surface area contributed by atoms with Crippen LogP contribution >= 0.6 is 15.9 Å². The Labute approximate surface area is 130 Å². The van der Waals surface area contributed by atoms with Gasteiger partial charge >= 0.3 is 5.97 Å². The zero-order valence-corrected chi connectivity index (χ0v) is 13.3. The van der Waals surface area contributed by atoms with E-state index in [1.54, 1.807) is 24.3 Å². The third-order valence-electron chi connectivity index (χ3n) is 3.28. The Kier molecular flexibility index (Phi) is 4.57. The second kappa shape index (κ2) is 6.22. The van der Waals surface area contributed by atoms with Gasteiger partial charge in [-0.3, -0.25) is 9.59 Å². The molecular weight excluding hydrogens is 338 g/mol. The topological polar surface area (TPSA) is 63.7 Å². The molecule has 0 radical (unpaired) electrons. The predicted octanol–water partition coefficient (Wildman–Crippen LogP) is 2.49. The van der Waals surface area contributed by atoms with Crippen molar-refractivity contribution in [2.24, 2.45) is 0 Å². The number of halogens is 1. The molecule has 0 saturated heterocycles. The third-order valence-corrected chi connectivity index (χ3v) is 3.78. The quantitative estimate of drug-likeness (QED) is 0.475. The maximum absolute atomic E-state index is 12.0. The zero-order chi connectivity index (χ0) is 15.6. The molecule has 1 amide bonds. The summed E-state index contributed by atoms with van der Waals surface area (Å²) in [6, 6.07) is 5.10. The smallest absolute Gasteiger partial charge is 0.333 e. The molecule has 1 aliphatic rings. The molecule has 21 heavy (non-hydrogen) atoms. The van der Waals surface area contributed by atoms with Gasteiger partial charge in [-0.25, -0.2) is 4.79 Å². The molecule has 0 fully saturated rings. The lowest BCUT2D eigenvalue weighted by Gasteiger charge is -2.14. The number of methoxy groups -OCH3 is 1. The summed E-state index contributed by atoms with van der Waals surface area (Å²) in [6.45, 7) is 1.99. The first-order valence-electron chi connectivity index (χ1n) is 6.42. The van der Waals surface area contributed by atoms with Crippen molar-refractivity contribution in [3.63, 3.8) is 0 Å². The lowest BCUT2D eigenvalue weighted by molar-refractivity contribution is -0.136. The van der Waals surface area contributed by atoms with E-state index in [2.05, 4.69) is 20.7 Å². The van der Waals surface area contributed by atoms with E-state index in [4.69, 9.17) is 0 Å². The van der Waals surface area contributed by atoms with E-state index >= 15 is 0 Å². The fourth-order valence-electron chi connectivity index (χ4n) is 2.16. The molecule has 0 aliphatic carbocycles. The van der Waals surface area contributed by atoms with Gasteiger partial charge in [-0.2, -0.15) is 0 Å². The normalized spacial score (nSPS) is 14.4. The van der Waals surface area contributed by atoms with Gasteiger partial charge in [0.2, 0.25) is 0 Å². The highest BCUT2D eigenvalue weighted by atomic mass is 79.9. The largest absolute Gasteiger partial charge is 0.466 e. The van der Waals surface area contributed by atoms with Gasteiger partial charge < -0.3 is 9.64 Å². The van der Waals surface area contributed by atoms with Gasteiger partial charge in [0.05, 0.1) is 18.4 Å². The number of carbonyl (C=O) groups is 3. The summed E-state index contributed by atoms with van der Waals surface area (Å²) in [6.07, 6.45) is 2.12. The van der Waals surface area contributed by atoms with Crippen molar-refractivity contribution >= 4 is 39.3 Å². The Morgan fingerprint density at radius 3 is 2.71 bits per heavy atom. The van der Waals surface area contributed by atoms with E-state index in [1.807, 2.05) is 6.92 Å². The SMILES string of the molecule is CCC(=CCN1C(=O)C(=O)c2cc(Br)ccc21)C(=O)OC. The lowest BCUT2D eigenvalue weighted by atomic mass is 10.1. The van der Waals surface area contributed by atoms with Crippen molar-refractivity contribution in [2.75, 3.05) is 18.6 Å². The number of benzene rings is 1. The van der Waals surface area contributed by atoms with E-state index < -0.39 is 17.7 Å². The number of fused-ring (bicyclic) bond motifs is 1. The Bertz CT molecular complexity index is 651. The third kappa shape index (κ3) is 2.90. The number of rotatable bonds is 4. The standard InChI is InChI=1S/C15H14BrNO4/c1-3-9(15(20)21-2)6-7-17-12-5-4-10(16)8-11(12)13(18)14(17)19/h4-6,8H,3,7H2,1-2H3. The van der Waals surface area contributed by atoms with E-state index in [1.165, 1.54) is 12.0 Å². The number of ketones is 1. The van der Waals surface area contributed by atoms with Crippen molar-refractivity contribution in [1.82, 2.24) is 0 Å². The van der Waals surface area contributed by atoms with Gasteiger partial charge in [0.15, 0.2) is 0 Å². The van der Waals surface area contributed by atoms with Crippen LogP contribution in [0.25, 0.3) is 0 Å². The molecule has 0 saturated carbocycles. The molecule has 0 spiro atoms. The number of hydrogen-bond acceptors (Lipinski definition) is 4. The maximum Gasteiger partial charge on any atom is 0.333 e. The van der Waals surface area contributed by atoms with Gasteiger partial charge in [0.1, 0.15) is 0 Å². The first-order valence-corrected chi connectivity index (χ1v) is 7.22. The fraction of sp³-hybridized carbons (Fsp3) is 0.267. The minimum absolute atomic E-state index is 0.164. The van der Waals surface area contributed by atoms with Crippen LogP contribution in [0, 0.1) is 0 Å². The van der Waals surface area contributed by atoms with Gasteiger partial charge in [-0.1, -0.05) is 28.9 Å². The predicted molar refractivity (Wildman–Crippen MR) is 81.2 cm³/mol. The van der Waals surface area contributed by atoms with Gasteiger partial charge in [-0.05, 0) is 24.6 Å². The molecular formula is C15H14BrNO4. The van der Waals surface area contributed by atoms with Crippen LogP contribution in [0.4, 0.5) is 5.69 Å². The van der Waals surface area contributed by atoms with Gasteiger partial charge in [-0.15, -0.1) is 0 Å². The summed E-state index contributed by atoms with van der Waals surface area (Å²) in [5.74, 6) is -1.54. The number of amides is 1. The molecule has 2 rings (SSSR count). The first kappa shape index (κ1) is 15.4. The van der Waals surface area contributed by atoms with Crippen LogP contribution in [0.5, 0.6) is 0 Å². The van der Waals surface area contributed by atoms with Crippen molar-refractivity contribution in [3.05, 3.63) is 39.9 Å². The Morgan fingerprint density at radius 2 is 2.10 bits per heavy atom. The highest BCUT2D eigenvalue weighted by Crippen LogP contribution is 2.31. The van der Waals surface area contributed by atoms with Crippen LogP contribution in [0.15, 0.2) is 34.3 Å². The van der Waals surface area contributed by atoms with Crippen molar-refractivity contribution in [2.45, 2.75) is 13.3 Å². The number of Topliss-reactive ketones (excluding diaryl/α,β-unsaturated/α-hetero) is 1. The van der Waals surface area contributed by atoms with Gasteiger partial charge in [0.25, 0.3) is 11.7 Å². The molecule has 0 bridgehead atoms. The van der Waals surface area contributed by atoms with Crippen molar-refractivity contribution in [1.29, 1.82) is 0 Å². The molecule has 1 aliphatic heterocycles. The first-order chi connectivity index (χ1) is 9.99. The molecule has 1 heterocycles. The minimum atomic E-state index is -0.584. The minimum Gasteiger partial charge on any atom is -0.466 e. The average Bonchev–Trinajstić information content (AvgIpc) is 2.72. The monoisotopic (exact) mass is 351 g/mol. The summed E-state index contributed by atoms with van der Waals surface area (Å²) in [5.41, 5.74) is 1.41. The molecule has 0 unspecified atom stereocenters. The highest BCUT2D eigenvalue weighted by molar-refractivity contribution is 9.10. The second-order valence-corrected chi connectivity index (χ2v) is 5.40. The molecule has 0 atom stereocenters. The summed E-state index contributed by atoms with van der Waals surface area (Å²) < 4.78 is 5.41. The second-order valence-electron chi connectivity index (χ2n) is 4.48. The molecule has 110 valence electrons. The van der Waals surface area contributed by atoms with Crippen LogP contribution < -0.4 is 4.90 Å². The molecule has 1 aromatic rings. The van der Waals surface area contributed by atoms with E-state index in [9.17, 15) is 14.4 Å². The summed E-state index contributed by atoms with van der Waals surface area (Å²) >= 11 is 3.28. The van der Waals surface area contributed by atoms with Crippen LogP contribution in [0.3, 0.4) is 0 Å². The maximum atomic E-state index is 12.0. The Hall–Kier alpha value is -1.95. The van der Waals surface area contributed by atoms with Crippen LogP contribution in [-0.2, 0) is 14.3 Å². The van der Waals surface area contributed by atoms with Crippen molar-refractivity contribution < 1.29 is 19.1 Å². The molecule has 1 aromatic carbocycles. The Morgan fingerprint density at radius 1 is 1.38 bits per heavy atom. The summed E-state index contributed by atoms with van der Waals surface area (Å²) in [7, 11) is 1.31. The Balaban J connectivity index is 2.30. The number of anilines is 1. The number of ether oxygens (including phenoxy) is 1. The lowest BCUT2D eigenvalue weighted by Crippen LogP contribution is -2.30. The molecule has 6 heteroatoms. The number of carbonyl (C=O) groups excluding carboxylic acids is 3. The summed E-state index contributed by atoms with van der Waals surface area (Å²) in [4.78, 5) is 36.8. The molecule has 5 nitrogen and oxygen atoms in total. The zero-order valence-electron chi connectivity index (χ0n) is 11.7. The van der Waals surface area contributed by atoms with Crippen LogP contribution in [0.1, 0.15) is 23.7 Å². The average molecular weight is 352 g/mol. The van der Waals surface area contributed by atoms with Crippen LogP contribution in [-0.4, -0.2) is 31.3 Å². The van der Waals surface area contributed by atoms with Crippen LogP contribution in [0.2, 0.25) is 0 Å².